The van der Waals surface area contributed by atoms with Gasteiger partial charge in [-0.1, -0.05) is 60.7 Å². The molecule has 0 amide bonds. The van der Waals surface area contributed by atoms with Crippen molar-refractivity contribution in [1.29, 1.82) is 0 Å². The second-order valence-corrected chi connectivity index (χ2v) is 7.35. The van der Waals surface area contributed by atoms with E-state index in [1.54, 1.807) is 97.3 Å². The van der Waals surface area contributed by atoms with Crippen LogP contribution in [0.2, 0.25) is 0 Å². The van der Waals surface area contributed by atoms with Gasteiger partial charge in [-0.15, -0.1) is 0 Å². The van der Waals surface area contributed by atoms with E-state index in [1.807, 2.05) is 0 Å². The summed E-state index contributed by atoms with van der Waals surface area (Å²) in [6, 6.07) is 24.5. The standard InChI is InChI=1S/C27H20N2O3/c30-25(23-5-1-3-15-28-23)17-19-7-11-21(12-8-19)27(32)22-13-9-20(10-14-22)18-26(31)24-6-2-4-16-29-24/h1-16H,17-18H2. The van der Waals surface area contributed by atoms with Crippen LogP contribution in [0.4, 0.5) is 0 Å². The molecule has 32 heavy (non-hydrogen) atoms. The van der Waals surface area contributed by atoms with Crippen molar-refractivity contribution in [3.63, 3.8) is 0 Å². The molecule has 0 saturated heterocycles. The molecule has 0 radical (unpaired) electrons. The third-order valence-electron chi connectivity index (χ3n) is 5.06. The summed E-state index contributed by atoms with van der Waals surface area (Å²) in [5.41, 5.74) is 3.57. The number of nitrogens with zero attached hydrogens (tertiary/aromatic N) is 2. The summed E-state index contributed by atoms with van der Waals surface area (Å²) in [4.78, 5) is 45.5. The van der Waals surface area contributed by atoms with Crippen LogP contribution in [-0.4, -0.2) is 27.3 Å². The van der Waals surface area contributed by atoms with Gasteiger partial charge in [0.05, 0.1) is 0 Å². The largest absolute Gasteiger partial charge is 0.292 e. The number of aromatic nitrogens is 2. The highest BCUT2D eigenvalue weighted by Crippen LogP contribution is 2.15. The van der Waals surface area contributed by atoms with Crippen LogP contribution in [-0.2, 0) is 12.8 Å². The highest BCUT2D eigenvalue weighted by Gasteiger charge is 2.13. The molecule has 2 heterocycles. The van der Waals surface area contributed by atoms with Crippen LogP contribution in [0.25, 0.3) is 0 Å². The lowest BCUT2D eigenvalue weighted by Gasteiger charge is -2.06. The van der Waals surface area contributed by atoms with Crippen LogP contribution in [0.5, 0.6) is 0 Å². The first kappa shape index (κ1) is 21.0. The van der Waals surface area contributed by atoms with Crippen molar-refractivity contribution < 1.29 is 14.4 Å². The van der Waals surface area contributed by atoms with E-state index in [2.05, 4.69) is 9.97 Å². The third-order valence-corrected chi connectivity index (χ3v) is 5.06. The number of ketones is 3. The molecular formula is C27H20N2O3. The fraction of sp³-hybridized carbons (Fsp3) is 0.0741. The first-order valence-corrected chi connectivity index (χ1v) is 10.2. The maximum atomic E-state index is 12.8. The van der Waals surface area contributed by atoms with Gasteiger partial charge in [-0.25, -0.2) is 0 Å². The van der Waals surface area contributed by atoms with Crippen molar-refractivity contribution in [3.05, 3.63) is 131 Å². The number of Topliss-reactive ketones (excluding diaryl/α,β-unsaturated/α-hetero) is 2. The lowest BCUT2D eigenvalue weighted by Crippen LogP contribution is -2.07. The monoisotopic (exact) mass is 420 g/mol. The number of carbonyl (C=O) groups excluding carboxylic acids is 3. The maximum absolute atomic E-state index is 12.8. The van der Waals surface area contributed by atoms with Crippen LogP contribution in [0.3, 0.4) is 0 Å². The number of rotatable bonds is 8. The zero-order valence-corrected chi connectivity index (χ0v) is 17.3. The Morgan fingerprint density at radius 1 is 0.531 bits per heavy atom. The van der Waals surface area contributed by atoms with E-state index in [4.69, 9.17) is 0 Å². The Hall–Kier alpha value is -4.25. The summed E-state index contributed by atoms with van der Waals surface area (Å²) in [5.74, 6) is -0.253. The lowest BCUT2D eigenvalue weighted by atomic mass is 9.98. The molecule has 0 fully saturated rings. The van der Waals surface area contributed by atoms with Crippen LogP contribution < -0.4 is 0 Å². The van der Waals surface area contributed by atoms with E-state index >= 15 is 0 Å². The number of benzene rings is 2. The van der Waals surface area contributed by atoms with Gasteiger partial charge in [-0.05, 0) is 35.4 Å². The first-order valence-electron chi connectivity index (χ1n) is 10.2. The summed E-state index contributed by atoms with van der Waals surface area (Å²) < 4.78 is 0. The van der Waals surface area contributed by atoms with Crippen molar-refractivity contribution in [1.82, 2.24) is 9.97 Å². The molecule has 2 aromatic carbocycles. The molecule has 0 aliphatic carbocycles. The van der Waals surface area contributed by atoms with Gasteiger partial charge in [0.15, 0.2) is 17.3 Å². The molecule has 156 valence electrons. The molecule has 0 saturated carbocycles. The number of hydrogen-bond acceptors (Lipinski definition) is 5. The molecule has 0 spiro atoms. The van der Waals surface area contributed by atoms with Crippen LogP contribution >= 0.6 is 0 Å². The van der Waals surface area contributed by atoms with Gasteiger partial charge in [-0.2, -0.15) is 0 Å². The Morgan fingerprint density at radius 2 is 0.938 bits per heavy atom. The van der Waals surface area contributed by atoms with E-state index in [0.29, 0.717) is 22.5 Å². The van der Waals surface area contributed by atoms with Gasteiger partial charge in [0.2, 0.25) is 0 Å². The molecule has 4 aromatic rings. The summed E-state index contributed by atoms with van der Waals surface area (Å²) in [7, 11) is 0. The van der Waals surface area contributed by atoms with E-state index < -0.39 is 0 Å². The van der Waals surface area contributed by atoms with Gasteiger partial charge < -0.3 is 0 Å². The van der Waals surface area contributed by atoms with Crippen molar-refractivity contribution >= 4 is 17.3 Å². The average Bonchev–Trinajstić information content (AvgIpc) is 2.85. The Morgan fingerprint density at radius 3 is 1.28 bits per heavy atom. The quantitative estimate of drug-likeness (QED) is 0.391. The van der Waals surface area contributed by atoms with E-state index in [-0.39, 0.29) is 30.2 Å². The van der Waals surface area contributed by atoms with Gasteiger partial charge in [0.25, 0.3) is 0 Å². The Balaban J connectivity index is 1.39. The average molecular weight is 420 g/mol. The van der Waals surface area contributed by atoms with E-state index in [0.717, 1.165) is 11.1 Å². The minimum atomic E-state index is -0.116. The fourth-order valence-electron chi connectivity index (χ4n) is 3.32. The predicted molar refractivity (Wildman–Crippen MR) is 121 cm³/mol. The topological polar surface area (TPSA) is 77.0 Å². The van der Waals surface area contributed by atoms with Crippen LogP contribution in [0.1, 0.15) is 48.0 Å². The van der Waals surface area contributed by atoms with Crippen molar-refractivity contribution in [2.45, 2.75) is 12.8 Å². The Labute approximate surface area is 185 Å². The molecule has 0 aliphatic rings. The molecule has 0 N–H and O–H groups in total. The molecule has 0 atom stereocenters. The zero-order chi connectivity index (χ0) is 22.3. The highest BCUT2D eigenvalue weighted by molar-refractivity contribution is 6.09. The van der Waals surface area contributed by atoms with Gasteiger partial charge in [0.1, 0.15) is 11.4 Å². The third kappa shape index (κ3) is 5.08. The van der Waals surface area contributed by atoms with E-state index in [9.17, 15) is 14.4 Å². The molecule has 4 rings (SSSR count). The smallest absolute Gasteiger partial charge is 0.193 e. The summed E-state index contributed by atoms with van der Waals surface area (Å²) in [6.07, 6.45) is 3.64. The molecule has 0 aliphatic heterocycles. The molecule has 5 heteroatoms. The van der Waals surface area contributed by atoms with Gasteiger partial charge in [0, 0.05) is 36.4 Å². The predicted octanol–water partition coefficient (Wildman–Crippen LogP) is 4.56. The minimum absolute atomic E-state index is 0.0690. The van der Waals surface area contributed by atoms with Crippen molar-refractivity contribution in [2.24, 2.45) is 0 Å². The minimum Gasteiger partial charge on any atom is -0.292 e. The van der Waals surface area contributed by atoms with Gasteiger partial charge in [-0.3, -0.25) is 24.4 Å². The molecule has 5 nitrogen and oxygen atoms in total. The molecule has 0 bridgehead atoms. The Bertz CT molecular complexity index is 1130. The normalized spacial score (nSPS) is 10.5. The SMILES string of the molecule is O=C(c1ccc(CC(=O)c2ccccn2)cc1)c1ccc(CC(=O)c2ccccn2)cc1. The maximum Gasteiger partial charge on any atom is 0.193 e. The van der Waals surface area contributed by atoms with E-state index in [1.165, 1.54) is 0 Å². The second kappa shape index (κ2) is 9.71. The highest BCUT2D eigenvalue weighted by atomic mass is 16.1. The summed E-state index contributed by atoms with van der Waals surface area (Å²) in [6.45, 7) is 0. The second-order valence-electron chi connectivity index (χ2n) is 7.35. The number of pyridine rings is 2. The van der Waals surface area contributed by atoms with Crippen LogP contribution in [0, 0.1) is 0 Å². The van der Waals surface area contributed by atoms with Crippen molar-refractivity contribution in [3.8, 4) is 0 Å². The van der Waals surface area contributed by atoms with Gasteiger partial charge >= 0.3 is 0 Å². The summed E-state index contributed by atoms with van der Waals surface area (Å²) in [5, 5.41) is 0. The number of hydrogen-bond donors (Lipinski definition) is 0. The molecule has 0 unspecified atom stereocenters. The first-order chi connectivity index (χ1) is 15.6. The summed E-state index contributed by atoms with van der Waals surface area (Å²) >= 11 is 0. The van der Waals surface area contributed by atoms with Crippen molar-refractivity contribution in [2.75, 3.05) is 0 Å². The Kier molecular flexibility index (Phi) is 6.37. The number of carbonyl (C=O) groups is 3. The molecular weight excluding hydrogens is 400 g/mol. The zero-order valence-electron chi connectivity index (χ0n) is 17.3. The molecule has 2 aromatic heterocycles. The lowest BCUT2D eigenvalue weighted by molar-refractivity contribution is 0.0980. The van der Waals surface area contributed by atoms with Crippen LogP contribution in [0.15, 0.2) is 97.3 Å². The fourth-order valence-corrected chi connectivity index (χ4v) is 3.32.